The Hall–Kier alpha value is -2.54. The first-order valence-corrected chi connectivity index (χ1v) is 9.39. The van der Waals surface area contributed by atoms with Crippen LogP contribution in [-0.2, 0) is 10.5 Å². The lowest BCUT2D eigenvalue weighted by molar-refractivity contribution is -0.116. The van der Waals surface area contributed by atoms with Crippen molar-refractivity contribution in [2.75, 3.05) is 11.9 Å². The molecule has 27 heavy (non-hydrogen) atoms. The van der Waals surface area contributed by atoms with Crippen LogP contribution in [0.15, 0.2) is 58.7 Å². The molecule has 0 spiro atoms. The van der Waals surface area contributed by atoms with Gasteiger partial charge in [0.1, 0.15) is 17.4 Å². The van der Waals surface area contributed by atoms with Gasteiger partial charge in [0.15, 0.2) is 5.17 Å². The normalized spacial score (nSPS) is 11.8. The molecule has 4 nitrogen and oxygen atoms in total. The minimum atomic E-state index is -0.319. The molecule has 0 saturated heterocycles. The first kappa shape index (κ1) is 20.8. The summed E-state index contributed by atoms with van der Waals surface area (Å²) in [4.78, 5) is 12.8. The maximum Gasteiger partial charge on any atom is 0.190 e. The van der Waals surface area contributed by atoms with E-state index in [1.54, 1.807) is 36.4 Å². The van der Waals surface area contributed by atoms with E-state index in [4.69, 9.17) is 0 Å². The summed E-state index contributed by atoms with van der Waals surface area (Å²) in [6.07, 6.45) is 2.52. The SMILES string of the molecule is CC(=O)CC/C=N/N=C(/SCc1cccc(F)c1)N(C)c1ccc(F)cc1. The van der Waals surface area contributed by atoms with Gasteiger partial charge in [0, 0.05) is 31.1 Å². The lowest BCUT2D eigenvalue weighted by Gasteiger charge is -2.20. The monoisotopic (exact) mass is 389 g/mol. The minimum Gasteiger partial charge on any atom is -0.323 e. The van der Waals surface area contributed by atoms with Crippen LogP contribution in [0.4, 0.5) is 14.5 Å². The molecule has 2 rings (SSSR count). The van der Waals surface area contributed by atoms with E-state index >= 15 is 0 Å². The van der Waals surface area contributed by atoms with Gasteiger partial charge in [-0.1, -0.05) is 23.9 Å². The largest absolute Gasteiger partial charge is 0.323 e. The summed E-state index contributed by atoms with van der Waals surface area (Å²) in [6, 6.07) is 12.4. The zero-order valence-electron chi connectivity index (χ0n) is 15.2. The van der Waals surface area contributed by atoms with E-state index in [-0.39, 0.29) is 17.4 Å². The van der Waals surface area contributed by atoms with Crippen LogP contribution in [0.5, 0.6) is 0 Å². The van der Waals surface area contributed by atoms with Crippen molar-refractivity contribution in [3.05, 3.63) is 65.7 Å². The van der Waals surface area contributed by atoms with Gasteiger partial charge in [0.05, 0.1) is 0 Å². The molecule has 0 aliphatic heterocycles. The third-order valence-electron chi connectivity index (χ3n) is 3.61. The summed E-state index contributed by atoms with van der Waals surface area (Å²) in [6.45, 7) is 1.53. The number of hydrogen-bond acceptors (Lipinski definition) is 4. The highest BCUT2D eigenvalue weighted by Crippen LogP contribution is 2.22. The second kappa shape index (κ2) is 10.6. The van der Waals surface area contributed by atoms with Crippen molar-refractivity contribution in [1.82, 2.24) is 0 Å². The second-order valence-corrected chi connectivity index (χ2v) is 6.82. The van der Waals surface area contributed by atoms with Gasteiger partial charge in [-0.05, 0) is 55.3 Å². The van der Waals surface area contributed by atoms with Crippen molar-refractivity contribution in [2.45, 2.75) is 25.5 Å². The van der Waals surface area contributed by atoms with Crippen LogP contribution in [0.3, 0.4) is 0 Å². The summed E-state index contributed by atoms with van der Waals surface area (Å²) in [5.41, 5.74) is 1.57. The summed E-state index contributed by atoms with van der Waals surface area (Å²) in [7, 11) is 1.80. The number of rotatable bonds is 7. The standard InChI is InChI=1S/C20H21F2N3OS/c1-15(26)5-4-12-23-24-20(25(2)19-10-8-17(21)9-11-19)27-14-16-6-3-7-18(22)13-16/h3,6-13H,4-5,14H2,1-2H3/b23-12+,24-20+. The van der Waals surface area contributed by atoms with Gasteiger partial charge >= 0.3 is 0 Å². The molecule has 0 amide bonds. The fourth-order valence-electron chi connectivity index (χ4n) is 2.16. The first-order chi connectivity index (χ1) is 13.0. The van der Waals surface area contributed by atoms with E-state index in [0.29, 0.717) is 23.8 Å². The summed E-state index contributed by atoms with van der Waals surface area (Å²) >= 11 is 1.39. The van der Waals surface area contributed by atoms with Gasteiger partial charge in [-0.3, -0.25) is 0 Å². The maximum atomic E-state index is 13.4. The molecule has 7 heteroatoms. The van der Waals surface area contributed by atoms with Crippen molar-refractivity contribution >= 4 is 34.6 Å². The molecule has 0 atom stereocenters. The topological polar surface area (TPSA) is 45.0 Å². The van der Waals surface area contributed by atoms with Crippen LogP contribution in [0.1, 0.15) is 25.3 Å². The van der Waals surface area contributed by atoms with Gasteiger partial charge in [-0.2, -0.15) is 5.10 Å². The summed E-state index contributed by atoms with van der Waals surface area (Å²) in [5, 5.41) is 8.84. The van der Waals surface area contributed by atoms with Crippen molar-refractivity contribution in [3.63, 3.8) is 0 Å². The highest BCUT2D eigenvalue weighted by molar-refractivity contribution is 8.13. The predicted molar refractivity (Wildman–Crippen MR) is 108 cm³/mol. The van der Waals surface area contributed by atoms with E-state index in [1.807, 2.05) is 6.07 Å². The number of carbonyl (C=O) groups excluding carboxylic acids is 1. The molecule has 2 aromatic rings. The van der Waals surface area contributed by atoms with Crippen LogP contribution in [0.2, 0.25) is 0 Å². The number of benzene rings is 2. The fraction of sp³-hybridized carbons (Fsp3) is 0.250. The number of thioether (sulfide) groups is 1. The Balaban J connectivity index is 2.13. The molecule has 0 unspecified atom stereocenters. The summed E-state index contributed by atoms with van der Waals surface area (Å²) in [5.74, 6) is -0.0129. The van der Waals surface area contributed by atoms with E-state index in [0.717, 1.165) is 11.3 Å². The Bertz CT molecular complexity index is 822. The minimum absolute atomic E-state index is 0.0922. The van der Waals surface area contributed by atoms with Gasteiger partial charge in [-0.15, -0.1) is 5.10 Å². The van der Waals surface area contributed by atoms with Crippen molar-refractivity contribution in [3.8, 4) is 0 Å². The molecule has 142 valence electrons. The molecule has 0 heterocycles. The lowest BCUT2D eigenvalue weighted by atomic mass is 10.2. The third kappa shape index (κ3) is 7.30. The molecule has 0 aliphatic rings. The quantitative estimate of drug-likeness (QED) is 0.378. The lowest BCUT2D eigenvalue weighted by Crippen LogP contribution is -2.23. The van der Waals surface area contributed by atoms with E-state index in [1.165, 1.54) is 43.0 Å². The first-order valence-electron chi connectivity index (χ1n) is 8.41. The van der Waals surface area contributed by atoms with Crippen molar-refractivity contribution in [2.24, 2.45) is 10.2 Å². The number of ketones is 1. The van der Waals surface area contributed by atoms with Crippen LogP contribution in [0, 0.1) is 11.6 Å². The number of hydrogen-bond donors (Lipinski definition) is 0. The van der Waals surface area contributed by atoms with E-state index in [9.17, 15) is 13.6 Å². The highest BCUT2D eigenvalue weighted by atomic mass is 32.2. The maximum absolute atomic E-state index is 13.4. The number of amidine groups is 1. The van der Waals surface area contributed by atoms with Crippen LogP contribution in [-0.4, -0.2) is 24.2 Å². The zero-order chi connectivity index (χ0) is 19.6. The highest BCUT2D eigenvalue weighted by Gasteiger charge is 2.11. The molecule has 0 bridgehead atoms. The Labute approximate surface area is 162 Å². The van der Waals surface area contributed by atoms with Crippen LogP contribution in [0.25, 0.3) is 0 Å². The van der Waals surface area contributed by atoms with Gasteiger partial charge in [0.2, 0.25) is 0 Å². The third-order valence-corrected chi connectivity index (χ3v) is 4.70. The van der Waals surface area contributed by atoms with Crippen molar-refractivity contribution in [1.29, 1.82) is 0 Å². The Kier molecular flexibility index (Phi) is 8.13. The van der Waals surface area contributed by atoms with Gasteiger partial charge in [0.25, 0.3) is 0 Å². The summed E-state index contributed by atoms with van der Waals surface area (Å²) < 4.78 is 26.5. The Morgan fingerprint density at radius 2 is 1.89 bits per heavy atom. The molecule has 0 aromatic heterocycles. The number of carbonyl (C=O) groups is 1. The van der Waals surface area contributed by atoms with Gasteiger partial charge in [-0.25, -0.2) is 8.78 Å². The smallest absolute Gasteiger partial charge is 0.190 e. The van der Waals surface area contributed by atoms with E-state index in [2.05, 4.69) is 10.2 Å². The number of anilines is 1. The average Bonchev–Trinajstić information content (AvgIpc) is 2.64. The fourth-order valence-corrected chi connectivity index (χ4v) is 3.04. The van der Waals surface area contributed by atoms with Crippen molar-refractivity contribution < 1.29 is 13.6 Å². The molecule has 0 saturated carbocycles. The van der Waals surface area contributed by atoms with E-state index < -0.39 is 0 Å². The molecule has 0 aliphatic carbocycles. The molecule has 2 aromatic carbocycles. The molecule has 0 fully saturated rings. The Morgan fingerprint density at radius 3 is 2.56 bits per heavy atom. The average molecular weight is 389 g/mol. The number of nitrogens with zero attached hydrogens (tertiary/aromatic N) is 3. The second-order valence-electron chi connectivity index (χ2n) is 5.88. The number of Topliss-reactive ketones (excluding diaryl/α,β-unsaturated/α-hetero) is 1. The molecule has 0 radical (unpaired) electrons. The predicted octanol–water partition coefficient (Wildman–Crippen LogP) is 5.05. The van der Waals surface area contributed by atoms with Crippen LogP contribution < -0.4 is 4.90 Å². The van der Waals surface area contributed by atoms with Gasteiger partial charge < -0.3 is 9.69 Å². The molecule has 0 N–H and O–H groups in total. The number of halogens is 2. The van der Waals surface area contributed by atoms with Crippen LogP contribution >= 0.6 is 11.8 Å². The zero-order valence-corrected chi connectivity index (χ0v) is 16.0. The molecular weight excluding hydrogens is 368 g/mol. The molecular formula is C20H21F2N3OS. The Morgan fingerprint density at radius 1 is 1.15 bits per heavy atom.